The Morgan fingerprint density at radius 1 is 1.20 bits per heavy atom. The summed E-state index contributed by atoms with van der Waals surface area (Å²) in [4.78, 5) is 21.1. The first-order valence-electron chi connectivity index (χ1n) is 7.97. The molecule has 0 bridgehead atoms. The highest BCUT2D eigenvalue weighted by Gasteiger charge is 2.18. The second kappa shape index (κ2) is 7.17. The zero-order valence-electron chi connectivity index (χ0n) is 14.4. The van der Waals surface area contributed by atoms with Gasteiger partial charge in [-0.2, -0.15) is 0 Å². The lowest BCUT2D eigenvalue weighted by molar-refractivity contribution is 0.0527. The summed E-state index contributed by atoms with van der Waals surface area (Å²) in [6.07, 6.45) is 1.49. The average molecular weight is 337 g/mol. The first-order chi connectivity index (χ1) is 12.1. The van der Waals surface area contributed by atoms with Gasteiger partial charge in [0.25, 0.3) is 0 Å². The van der Waals surface area contributed by atoms with E-state index in [-0.39, 0.29) is 6.61 Å². The molecule has 0 radical (unpaired) electrons. The number of carbonyl (C=O) groups excluding carboxylic acids is 1. The molecule has 0 fully saturated rings. The van der Waals surface area contributed by atoms with E-state index in [9.17, 15) is 4.79 Å². The quantitative estimate of drug-likeness (QED) is 0.713. The van der Waals surface area contributed by atoms with Crippen molar-refractivity contribution < 1.29 is 14.3 Å². The molecule has 6 heteroatoms. The molecule has 0 aliphatic heterocycles. The maximum Gasteiger partial charge on any atom is 0.341 e. The molecule has 0 atom stereocenters. The summed E-state index contributed by atoms with van der Waals surface area (Å²) in [6.45, 7) is 3.95. The number of para-hydroxylation sites is 2. The van der Waals surface area contributed by atoms with Gasteiger partial charge in [0.15, 0.2) is 5.65 Å². The maximum absolute atomic E-state index is 12.4. The number of carbonyl (C=O) groups is 1. The molecule has 128 valence electrons. The van der Waals surface area contributed by atoms with Gasteiger partial charge in [-0.15, -0.1) is 0 Å². The van der Waals surface area contributed by atoms with Crippen LogP contribution in [0.2, 0.25) is 0 Å². The van der Waals surface area contributed by atoms with Crippen LogP contribution in [0.1, 0.15) is 23.0 Å². The Morgan fingerprint density at radius 2 is 2.00 bits per heavy atom. The molecule has 0 amide bonds. The largest absolute Gasteiger partial charge is 0.495 e. The lowest BCUT2D eigenvalue weighted by atomic mass is 10.1. The molecule has 0 unspecified atom stereocenters. The summed E-state index contributed by atoms with van der Waals surface area (Å²) in [5, 5.41) is 4.03. The SMILES string of the molecule is CCOC(=O)c1cnc2nc(C)ccc2c1Nc1ccccc1OC. The molecule has 0 spiro atoms. The Morgan fingerprint density at radius 3 is 2.76 bits per heavy atom. The first-order valence-corrected chi connectivity index (χ1v) is 7.97. The molecule has 1 N–H and O–H groups in total. The van der Waals surface area contributed by atoms with Crippen molar-refractivity contribution in [2.45, 2.75) is 13.8 Å². The predicted octanol–water partition coefficient (Wildman–Crippen LogP) is 3.87. The van der Waals surface area contributed by atoms with E-state index in [2.05, 4.69) is 15.3 Å². The third-order valence-electron chi connectivity index (χ3n) is 3.73. The van der Waals surface area contributed by atoms with Gasteiger partial charge >= 0.3 is 5.97 Å². The minimum absolute atomic E-state index is 0.289. The van der Waals surface area contributed by atoms with Crippen LogP contribution in [0.3, 0.4) is 0 Å². The van der Waals surface area contributed by atoms with Gasteiger partial charge in [-0.1, -0.05) is 12.1 Å². The lowest BCUT2D eigenvalue weighted by Gasteiger charge is -2.16. The smallest absolute Gasteiger partial charge is 0.341 e. The van der Waals surface area contributed by atoms with Gasteiger partial charge < -0.3 is 14.8 Å². The number of hydrogen-bond donors (Lipinski definition) is 1. The third kappa shape index (κ3) is 3.38. The van der Waals surface area contributed by atoms with Crippen molar-refractivity contribution in [1.82, 2.24) is 9.97 Å². The maximum atomic E-state index is 12.4. The van der Waals surface area contributed by atoms with E-state index in [1.54, 1.807) is 14.0 Å². The molecule has 0 aliphatic carbocycles. The van der Waals surface area contributed by atoms with Crippen LogP contribution < -0.4 is 10.1 Å². The molecule has 3 aromatic rings. The Kier molecular flexibility index (Phi) is 4.79. The Hall–Kier alpha value is -3.15. The molecule has 25 heavy (non-hydrogen) atoms. The third-order valence-corrected chi connectivity index (χ3v) is 3.73. The van der Waals surface area contributed by atoms with Crippen LogP contribution in [0.5, 0.6) is 5.75 Å². The number of anilines is 2. The van der Waals surface area contributed by atoms with Crippen LogP contribution >= 0.6 is 0 Å². The second-order valence-electron chi connectivity index (χ2n) is 5.42. The molecule has 0 saturated heterocycles. The number of aromatic nitrogens is 2. The molecule has 6 nitrogen and oxygen atoms in total. The fourth-order valence-electron chi connectivity index (χ4n) is 2.55. The van der Waals surface area contributed by atoms with Gasteiger partial charge in [-0.25, -0.2) is 14.8 Å². The van der Waals surface area contributed by atoms with Crippen molar-refractivity contribution in [3.8, 4) is 5.75 Å². The fraction of sp³-hybridized carbons (Fsp3) is 0.211. The Bertz CT molecular complexity index is 925. The highest BCUT2D eigenvalue weighted by atomic mass is 16.5. The summed E-state index contributed by atoms with van der Waals surface area (Å²) >= 11 is 0. The predicted molar refractivity (Wildman–Crippen MR) is 96.5 cm³/mol. The van der Waals surface area contributed by atoms with Crippen molar-refractivity contribution in [3.63, 3.8) is 0 Å². The van der Waals surface area contributed by atoms with E-state index < -0.39 is 5.97 Å². The summed E-state index contributed by atoms with van der Waals surface area (Å²) in [5.41, 5.74) is 3.10. The number of hydrogen-bond acceptors (Lipinski definition) is 6. The van der Waals surface area contributed by atoms with Crippen molar-refractivity contribution >= 4 is 28.4 Å². The van der Waals surface area contributed by atoms with Crippen molar-refractivity contribution in [1.29, 1.82) is 0 Å². The highest BCUT2D eigenvalue weighted by Crippen LogP contribution is 2.33. The molecule has 0 aliphatic rings. The fourth-order valence-corrected chi connectivity index (χ4v) is 2.55. The van der Waals surface area contributed by atoms with E-state index in [1.165, 1.54) is 6.20 Å². The van der Waals surface area contributed by atoms with E-state index in [0.717, 1.165) is 16.8 Å². The second-order valence-corrected chi connectivity index (χ2v) is 5.42. The number of aryl methyl sites for hydroxylation is 1. The minimum Gasteiger partial charge on any atom is -0.495 e. The van der Waals surface area contributed by atoms with E-state index in [4.69, 9.17) is 9.47 Å². The lowest BCUT2D eigenvalue weighted by Crippen LogP contribution is -2.10. The number of benzene rings is 1. The topological polar surface area (TPSA) is 73.3 Å². The number of ether oxygens (including phenoxy) is 2. The Labute approximate surface area is 145 Å². The van der Waals surface area contributed by atoms with Gasteiger partial charge in [0.1, 0.15) is 11.3 Å². The van der Waals surface area contributed by atoms with Crippen LogP contribution in [0, 0.1) is 6.92 Å². The number of fused-ring (bicyclic) bond motifs is 1. The summed E-state index contributed by atoms with van der Waals surface area (Å²) < 4.78 is 10.6. The molecular formula is C19H19N3O3. The van der Waals surface area contributed by atoms with E-state index in [1.807, 2.05) is 43.3 Å². The highest BCUT2D eigenvalue weighted by molar-refractivity contribution is 6.05. The standard InChI is InChI=1S/C19H19N3O3/c1-4-25-19(23)14-11-20-18-13(10-9-12(2)21-18)17(14)22-15-7-5-6-8-16(15)24-3/h5-11H,4H2,1-3H3,(H,20,21,22). The number of rotatable bonds is 5. The molecule has 2 heterocycles. The molecule has 1 aromatic carbocycles. The van der Waals surface area contributed by atoms with Crippen LogP contribution in [-0.4, -0.2) is 29.7 Å². The zero-order valence-corrected chi connectivity index (χ0v) is 14.4. The Balaban J connectivity index is 2.18. The van der Waals surface area contributed by atoms with Crippen molar-refractivity contribution in [2.75, 3.05) is 19.0 Å². The summed E-state index contributed by atoms with van der Waals surface area (Å²) in [6, 6.07) is 11.3. The van der Waals surface area contributed by atoms with Gasteiger partial charge in [-0.3, -0.25) is 0 Å². The molecule has 2 aromatic heterocycles. The number of nitrogens with zero attached hydrogens (tertiary/aromatic N) is 2. The van der Waals surface area contributed by atoms with Gasteiger partial charge in [0.2, 0.25) is 0 Å². The molecular weight excluding hydrogens is 318 g/mol. The molecule has 0 saturated carbocycles. The summed E-state index contributed by atoms with van der Waals surface area (Å²) in [5.74, 6) is 0.234. The number of pyridine rings is 2. The molecule has 3 rings (SSSR count). The van der Waals surface area contributed by atoms with E-state index >= 15 is 0 Å². The average Bonchev–Trinajstić information content (AvgIpc) is 2.62. The van der Waals surface area contributed by atoms with Crippen LogP contribution in [-0.2, 0) is 4.74 Å². The minimum atomic E-state index is -0.435. The first kappa shape index (κ1) is 16.7. The normalized spacial score (nSPS) is 10.5. The van der Waals surface area contributed by atoms with Gasteiger partial charge in [0, 0.05) is 17.3 Å². The van der Waals surface area contributed by atoms with Crippen molar-refractivity contribution in [2.24, 2.45) is 0 Å². The van der Waals surface area contributed by atoms with Crippen LogP contribution in [0.4, 0.5) is 11.4 Å². The van der Waals surface area contributed by atoms with Crippen LogP contribution in [0.15, 0.2) is 42.6 Å². The number of nitrogens with one attached hydrogen (secondary N) is 1. The number of esters is 1. The monoisotopic (exact) mass is 337 g/mol. The zero-order chi connectivity index (χ0) is 17.8. The number of methoxy groups -OCH3 is 1. The van der Waals surface area contributed by atoms with Crippen LogP contribution in [0.25, 0.3) is 11.0 Å². The van der Waals surface area contributed by atoms with E-state index in [0.29, 0.717) is 22.6 Å². The summed E-state index contributed by atoms with van der Waals surface area (Å²) in [7, 11) is 1.60. The van der Waals surface area contributed by atoms with Crippen molar-refractivity contribution in [3.05, 3.63) is 53.9 Å². The van der Waals surface area contributed by atoms with Gasteiger partial charge in [0.05, 0.1) is 25.1 Å². The van der Waals surface area contributed by atoms with Gasteiger partial charge in [-0.05, 0) is 38.1 Å².